The summed E-state index contributed by atoms with van der Waals surface area (Å²) in [6, 6.07) is 1.39. The average molecular weight is 282 g/mol. The van der Waals surface area contributed by atoms with E-state index in [1.54, 1.807) is 0 Å². The third-order valence-electron chi connectivity index (χ3n) is 4.80. The van der Waals surface area contributed by atoms with Crippen molar-refractivity contribution in [1.29, 1.82) is 0 Å². The first kappa shape index (κ1) is 16.3. The van der Waals surface area contributed by atoms with Gasteiger partial charge in [0.15, 0.2) is 0 Å². The maximum absolute atomic E-state index is 6.02. The van der Waals surface area contributed by atoms with Crippen LogP contribution in [0.2, 0.25) is 0 Å². The van der Waals surface area contributed by atoms with Crippen LogP contribution in [0.5, 0.6) is 0 Å². The Hall–Kier alpha value is -0.120. The van der Waals surface area contributed by atoms with E-state index in [-0.39, 0.29) is 0 Å². The summed E-state index contributed by atoms with van der Waals surface area (Å²) in [6.07, 6.45) is 8.48. The molecular weight excluding hydrogens is 248 g/mol. The smallest absolute Gasteiger partial charge is 0.0731 e. The molecule has 118 valence electrons. The predicted octanol–water partition coefficient (Wildman–Crippen LogP) is 3.04. The van der Waals surface area contributed by atoms with Gasteiger partial charge in [0.25, 0.3) is 0 Å². The van der Waals surface area contributed by atoms with Gasteiger partial charge in [0.1, 0.15) is 0 Å². The van der Waals surface area contributed by atoms with Crippen LogP contribution < -0.4 is 5.32 Å². The zero-order chi connectivity index (χ0) is 14.4. The Bertz CT molecular complexity index is 268. The van der Waals surface area contributed by atoms with Crippen molar-refractivity contribution in [3.05, 3.63) is 0 Å². The van der Waals surface area contributed by atoms with E-state index < -0.39 is 0 Å². The van der Waals surface area contributed by atoms with Crippen molar-refractivity contribution in [2.24, 2.45) is 5.92 Å². The van der Waals surface area contributed by atoms with Gasteiger partial charge in [-0.15, -0.1) is 0 Å². The Kier molecular flexibility index (Phi) is 6.79. The molecule has 0 aromatic carbocycles. The predicted molar refractivity (Wildman–Crippen MR) is 85.1 cm³/mol. The molecule has 1 heterocycles. The average Bonchev–Trinajstić information content (AvgIpc) is 2.45. The van der Waals surface area contributed by atoms with Crippen molar-refractivity contribution < 1.29 is 4.74 Å². The number of nitrogens with zero attached hydrogens (tertiary/aromatic N) is 1. The van der Waals surface area contributed by atoms with Crippen molar-refractivity contribution in [2.45, 2.75) is 77.5 Å². The summed E-state index contributed by atoms with van der Waals surface area (Å²) >= 11 is 0. The van der Waals surface area contributed by atoms with Gasteiger partial charge in [-0.25, -0.2) is 0 Å². The second kappa shape index (κ2) is 8.35. The van der Waals surface area contributed by atoms with Gasteiger partial charge in [0, 0.05) is 25.2 Å². The Morgan fingerprint density at radius 2 is 2.00 bits per heavy atom. The molecule has 3 nitrogen and oxygen atoms in total. The highest BCUT2D eigenvalue weighted by Gasteiger charge is 2.36. The van der Waals surface area contributed by atoms with Crippen LogP contribution in [-0.2, 0) is 4.74 Å². The molecule has 0 amide bonds. The van der Waals surface area contributed by atoms with Crippen LogP contribution in [0, 0.1) is 5.92 Å². The minimum absolute atomic E-state index is 0.516. The molecule has 0 spiro atoms. The normalized spacial score (nSPS) is 29.4. The third kappa shape index (κ3) is 4.44. The topological polar surface area (TPSA) is 24.5 Å². The number of morpholine rings is 1. The molecule has 3 heteroatoms. The largest absolute Gasteiger partial charge is 0.375 e. The van der Waals surface area contributed by atoms with Crippen molar-refractivity contribution in [3.8, 4) is 0 Å². The molecule has 1 aliphatic heterocycles. The molecule has 2 rings (SSSR count). The molecule has 1 saturated carbocycles. The maximum atomic E-state index is 6.02. The van der Waals surface area contributed by atoms with Gasteiger partial charge in [-0.2, -0.15) is 0 Å². The van der Waals surface area contributed by atoms with E-state index in [0.717, 1.165) is 32.2 Å². The fourth-order valence-corrected chi connectivity index (χ4v) is 3.84. The van der Waals surface area contributed by atoms with Gasteiger partial charge >= 0.3 is 0 Å². The van der Waals surface area contributed by atoms with Gasteiger partial charge in [-0.1, -0.05) is 40.0 Å². The molecule has 3 unspecified atom stereocenters. The van der Waals surface area contributed by atoms with E-state index in [9.17, 15) is 0 Å². The van der Waals surface area contributed by atoms with E-state index in [2.05, 4.69) is 31.0 Å². The van der Waals surface area contributed by atoms with Crippen LogP contribution in [0.3, 0.4) is 0 Å². The van der Waals surface area contributed by atoms with E-state index >= 15 is 0 Å². The van der Waals surface area contributed by atoms with Crippen molar-refractivity contribution in [1.82, 2.24) is 10.2 Å². The van der Waals surface area contributed by atoms with E-state index in [1.807, 2.05) is 0 Å². The highest BCUT2D eigenvalue weighted by molar-refractivity contribution is 4.91. The minimum atomic E-state index is 0.516. The Morgan fingerprint density at radius 3 is 2.75 bits per heavy atom. The molecule has 3 atom stereocenters. The first-order chi connectivity index (χ1) is 9.72. The Morgan fingerprint density at radius 1 is 1.20 bits per heavy atom. The summed E-state index contributed by atoms with van der Waals surface area (Å²) in [5.41, 5.74) is 0. The lowest BCUT2D eigenvalue weighted by Crippen LogP contribution is -2.58. The number of nitrogens with one attached hydrogen (secondary N) is 1. The van der Waals surface area contributed by atoms with Crippen LogP contribution in [0.25, 0.3) is 0 Å². The monoisotopic (exact) mass is 282 g/mol. The molecule has 0 radical (unpaired) electrons. The third-order valence-corrected chi connectivity index (χ3v) is 4.80. The zero-order valence-corrected chi connectivity index (χ0v) is 13.7. The summed E-state index contributed by atoms with van der Waals surface area (Å²) in [7, 11) is 0. The molecule has 1 aliphatic carbocycles. The first-order valence-electron chi connectivity index (χ1n) is 8.80. The molecule has 0 bridgehead atoms. The minimum Gasteiger partial charge on any atom is -0.375 e. The van der Waals surface area contributed by atoms with Gasteiger partial charge in [0.2, 0.25) is 0 Å². The summed E-state index contributed by atoms with van der Waals surface area (Å²) in [5.74, 6) is 0.740. The van der Waals surface area contributed by atoms with Crippen LogP contribution in [0.4, 0.5) is 0 Å². The van der Waals surface area contributed by atoms with Crippen LogP contribution in [0.15, 0.2) is 0 Å². The fraction of sp³-hybridized carbons (Fsp3) is 1.00. The molecule has 0 aromatic heterocycles. The van der Waals surface area contributed by atoms with Gasteiger partial charge in [-0.05, 0) is 31.7 Å². The molecule has 1 saturated heterocycles. The number of hydrogen-bond acceptors (Lipinski definition) is 3. The Balaban J connectivity index is 1.91. The fourth-order valence-electron chi connectivity index (χ4n) is 3.84. The lowest BCUT2D eigenvalue weighted by molar-refractivity contribution is -0.103. The van der Waals surface area contributed by atoms with Gasteiger partial charge in [0.05, 0.1) is 12.7 Å². The quantitative estimate of drug-likeness (QED) is 0.777. The van der Waals surface area contributed by atoms with E-state index in [4.69, 9.17) is 4.74 Å². The first-order valence-corrected chi connectivity index (χ1v) is 8.80. The number of ether oxygens (including phenoxy) is 1. The van der Waals surface area contributed by atoms with Gasteiger partial charge < -0.3 is 10.1 Å². The summed E-state index contributed by atoms with van der Waals surface area (Å²) in [5, 5.41) is 3.68. The maximum Gasteiger partial charge on any atom is 0.0731 e. The van der Waals surface area contributed by atoms with Crippen LogP contribution >= 0.6 is 0 Å². The van der Waals surface area contributed by atoms with Gasteiger partial charge in [-0.3, -0.25) is 4.90 Å². The van der Waals surface area contributed by atoms with Crippen molar-refractivity contribution in [2.75, 3.05) is 26.2 Å². The van der Waals surface area contributed by atoms with E-state index in [1.165, 1.54) is 38.5 Å². The molecule has 2 aliphatic rings. The highest BCUT2D eigenvalue weighted by Crippen LogP contribution is 2.30. The highest BCUT2D eigenvalue weighted by atomic mass is 16.5. The molecule has 1 N–H and O–H groups in total. The second-order valence-corrected chi connectivity index (χ2v) is 6.99. The molecule has 0 aromatic rings. The number of fused-ring (bicyclic) bond motifs is 1. The van der Waals surface area contributed by atoms with E-state index in [0.29, 0.717) is 18.2 Å². The summed E-state index contributed by atoms with van der Waals surface area (Å²) in [6.45, 7) is 11.2. The summed E-state index contributed by atoms with van der Waals surface area (Å²) in [4.78, 5) is 2.78. The zero-order valence-electron chi connectivity index (χ0n) is 13.7. The number of rotatable bonds is 7. The standard InChI is InChI=1S/C17H34N2O/c1-4-7-15(13-18-12-14(2)3)19-10-11-20-17-9-6-5-8-16(17)19/h14-18H,4-13H2,1-3H3. The molecular formula is C17H34N2O. The molecule has 2 fully saturated rings. The SMILES string of the molecule is CCCC(CNCC(C)C)N1CCOC2CCCCC21. The Labute approximate surface area is 125 Å². The van der Waals surface area contributed by atoms with Crippen LogP contribution in [-0.4, -0.2) is 49.3 Å². The lowest BCUT2D eigenvalue weighted by Gasteiger charge is -2.47. The summed E-state index contributed by atoms with van der Waals surface area (Å²) < 4.78 is 6.02. The van der Waals surface area contributed by atoms with Crippen LogP contribution in [0.1, 0.15) is 59.3 Å². The lowest BCUT2D eigenvalue weighted by atomic mass is 9.88. The molecule has 20 heavy (non-hydrogen) atoms. The van der Waals surface area contributed by atoms with Crippen molar-refractivity contribution >= 4 is 0 Å². The number of hydrogen-bond donors (Lipinski definition) is 1. The van der Waals surface area contributed by atoms with Crippen molar-refractivity contribution in [3.63, 3.8) is 0 Å². The second-order valence-electron chi connectivity index (χ2n) is 6.99.